The van der Waals surface area contributed by atoms with E-state index >= 15 is 0 Å². The average molecular weight is 455 g/mol. The Hall–Kier alpha value is -4.59. The fraction of sp³-hybridized carbons (Fsp3) is 0.0769. The molecule has 34 heavy (non-hydrogen) atoms. The van der Waals surface area contributed by atoms with Crippen molar-refractivity contribution in [3.05, 3.63) is 108 Å². The van der Waals surface area contributed by atoms with Crippen LogP contribution in [0.25, 0.3) is 16.9 Å². The molecule has 0 saturated carbocycles. The van der Waals surface area contributed by atoms with Crippen molar-refractivity contribution in [2.24, 2.45) is 5.10 Å². The van der Waals surface area contributed by atoms with E-state index in [1.807, 2.05) is 49.4 Å². The van der Waals surface area contributed by atoms with Gasteiger partial charge in [0, 0.05) is 22.9 Å². The number of aromatic nitrogens is 2. The van der Waals surface area contributed by atoms with Crippen LogP contribution in [0.15, 0.2) is 90.2 Å². The topological polar surface area (TPSA) is 88.4 Å². The van der Waals surface area contributed by atoms with Crippen molar-refractivity contribution < 1.29 is 14.0 Å². The molecule has 8 heteroatoms. The number of carbonyl (C=O) groups excluding carboxylic acids is 2. The minimum atomic E-state index is -0.476. The van der Waals surface area contributed by atoms with Crippen LogP contribution in [0.3, 0.4) is 0 Å². The summed E-state index contributed by atoms with van der Waals surface area (Å²) in [7, 11) is 0. The molecule has 170 valence electrons. The van der Waals surface area contributed by atoms with E-state index in [-0.39, 0.29) is 18.3 Å². The number of nitrogens with zero attached hydrogens (tertiary/aromatic N) is 3. The number of nitrogens with one attached hydrogen (secondary N) is 2. The number of hydrazone groups is 1. The van der Waals surface area contributed by atoms with Crippen LogP contribution >= 0.6 is 0 Å². The van der Waals surface area contributed by atoms with Crippen LogP contribution in [0.2, 0.25) is 0 Å². The fourth-order valence-electron chi connectivity index (χ4n) is 3.21. The molecule has 4 rings (SSSR count). The second-order valence-corrected chi connectivity index (χ2v) is 7.56. The number of hydrogen-bond donors (Lipinski definition) is 2. The zero-order valence-electron chi connectivity index (χ0n) is 18.4. The number of rotatable bonds is 7. The van der Waals surface area contributed by atoms with E-state index < -0.39 is 5.91 Å². The molecule has 2 amide bonds. The van der Waals surface area contributed by atoms with Gasteiger partial charge in [0.25, 0.3) is 11.8 Å². The first-order valence-corrected chi connectivity index (χ1v) is 10.6. The van der Waals surface area contributed by atoms with Crippen LogP contribution in [0.5, 0.6) is 0 Å². The minimum Gasteiger partial charge on any atom is -0.343 e. The first kappa shape index (κ1) is 22.6. The zero-order valence-corrected chi connectivity index (χ0v) is 18.4. The summed E-state index contributed by atoms with van der Waals surface area (Å²) in [4.78, 5) is 24.3. The van der Waals surface area contributed by atoms with Gasteiger partial charge in [0.05, 0.1) is 18.4 Å². The van der Waals surface area contributed by atoms with Crippen molar-refractivity contribution in [3.8, 4) is 16.9 Å². The van der Waals surface area contributed by atoms with Crippen molar-refractivity contribution in [3.63, 3.8) is 0 Å². The number of benzene rings is 3. The second kappa shape index (κ2) is 10.4. The molecule has 3 aromatic carbocycles. The molecule has 0 aliphatic rings. The van der Waals surface area contributed by atoms with Crippen molar-refractivity contribution in [1.29, 1.82) is 0 Å². The van der Waals surface area contributed by atoms with Gasteiger partial charge in [-0.05, 0) is 55.5 Å². The lowest BCUT2D eigenvalue weighted by atomic mass is 10.1. The molecule has 0 saturated heterocycles. The third-order valence-corrected chi connectivity index (χ3v) is 5.00. The Morgan fingerprint density at radius 3 is 2.41 bits per heavy atom. The first-order valence-electron chi connectivity index (χ1n) is 10.6. The maximum absolute atomic E-state index is 13.4. The van der Waals surface area contributed by atoms with E-state index in [9.17, 15) is 14.0 Å². The molecule has 4 aromatic rings. The van der Waals surface area contributed by atoms with E-state index in [1.54, 1.807) is 35.1 Å². The molecule has 0 atom stereocenters. The van der Waals surface area contributed by atoms with E-state index in [0.717, 1.165) is 11.3 Å². The molecule has 0 aliphatic carbocycles. The van der Waals surface area contributed by atoms with E-state index in [2.05, 4.69) is 20.9 Å². The number of halogens is 1. The van der Waals surface area contributed by atoms with Gasteiger partial charge in [-0.2, -0.15) is 10.2 Å². The molecule has 0 bridgehead atoms. The summed E-state index contributed by atoms with van der Waals surface area (Å²) in [5.41, 5.74) is 6.66. The normalized spacial score (nSPS) is 10.9. The Morgan fingerprint density at radius 2 is 1.71 bits per heavy atom. The van der Waals surface area contributed by atoms with Crippen molar-refractivity contribution in [1.82, 2.24) is 20.5 Å². The molecule has 0 spiro atoms. The lowest BCUT2D eigenvalue weighted by Crippen LogP contribution is -2.34. The number of hydrogen-bond acceptors (Lipinski definition) is 4. The summed E-state index contributed by atoms with van der Waals surface area (Å²) in [6.45, 7) is 1.70. The van der Waals surface area contributed by atoms with Gasteiger partial charge in [0.2, 0.25) is 0 Å². The molecular weight excluding hydrogens is 433 g/mol. The zero-order chi connectivity index (χ0) is 23.9. The summed E-state index contributed by atoms with van der Waals surface area (Å²) < 4.78 is 15.1. The molecule has 1 heterocycles. The molecule has 0 aliphatic heterocycles. The number of amides is 2. The van der Waals surface area contributed by atoms with Gasteiger partial charge in [-0.15, -0.1) is 0 Å². The minimum absolute atomic E-state index is 0.224. The van der Waals surface area contributed by atoms with Crippen LogP contribution in [0, 0.1) is 12.7 Å². The van der Waals surface area contributed by atoms with Crippen LogP contribution < -0.4 is 10.7 Å². The Kier molecular flexibility index (Phi) is 6.88. The van der Waals surface area contributed by atoms with Crippen LogP contribution in [0.1, 0.15) is 21.5 Å². The number of para-hydroxylation sites is 1. The molecular formula is C26H22FN5O2. The number of aryl methyl sites for hydroxylation is 1. The van der Waals surface area contributed by atoms with Crippen LogP contribution in [-0.4, -0.2) is 34.4 Å². The van der Waals surface area contributed by atoms with Gasteiger partial charge in [-0.25, -0.2) is 14.5 Å². The summed E-state index contributed by atoms with van der Waals surface area (Å²) in [5, 5.41) is 11.2. The second-order valence-electron chi connectivity index (χ2n) is 7.56. The smallest absolute Gasteiger partial charge is 0.259 e. The highest BCUT2D eigenvalue weighted by molar-refractivity contribution is 5.96. The maximum atomic E-state index is 13.4. The number of carbonyl (C=O) groups is 2. The molecule has 2 N–H and O–H groups in total. The highest BCUT2D eigenvalue weighted by Crippen LogP contribution is 2.23. The Bertz CT molecular complexity index is 1310. The van der Waals surface area contributed by atoms with Gasteiger partial charge in [-0.3, -0.25) is 9.59 Å². The van der Waals surface area contributed by atoms with E-state index in [0.29, 0.717) is 22.4 Å². The van der Waals surface area contributed by atoms with Gasteiger partial charge in [0.15, 0.2) is 0 Å². The molecule has 0 fully saturated rings. The Labute approximate surface area is 195 Å². The predicted octanol–water partition coefficient (Wildman–Crippen LogP) is 3.87. The van der Waals surface area contributed by atoms with Gasteiger partial charge >= 0.3 is 0 Å². The van der Waals surface area contributed by atoms with Crippen LogP contribution in [0.4, 0.5) is 4.39 Å². The Morgan fingerprint density at radius 1 is 1.00 bits per heavy atom. The third-order valence-electron chi connectivity index (χ3n) is 5.00. The van der Waals surface area contributed by atoms with Gasteiger partial charge in [-0.1, -0.05) is 35.9 Å². The quantitative estimate of drug-likeness (QED) is 0.328. The highest BCUT2D eigenvalue weighted by atomic mass is 19.1. The van der Waals surface area contributed by atoms with Crippen molar-refractivity contribution in [2.45, 2.75) is 6.92 Å². The lowest BCUT2D eigenvalue weighted by molar-refractivity contribution is -0.120. The monoisotopic (exact) mass is 455 g/mol. The molecule has 1 aromatic heterocycles. The Balaban J connectivity index is 1.45. The first-order chi connectivity index (χ1) is 16.5. The molecule has 0 radical (unpaired) electrons. The van der Waals surface area contributed by atoms with Gasteiger partial charge < -0.3 is 5.32 Å². The molecule has 0 unspecified atom stereocenters. The van der Waals surface area contributed by atoms with Crippen molar-refractivity contribution >= 4 is 18.0 Å². The lowest BCUT2D eigenvalue weighted by Gasteiger charge is -2.04. The summed E-state index contributed by atoms with van der Waals surface area (Å²) >= 11 is 0. The largest absolute Gasteiger partial charge is 0.343 e. The van der Waals surface area contributed by atoms with E-state index in [4.69, 9.17) is 0 Å². The third kappa shape index (κ3) is 5.60. The fourth-order valence-corrected chi connectivity index (χ4v) is 3.21. The van der Waals surface area contributed by atoms with E-state index in [1.165, 1.54) is 18.3 Å². The van der Waals surface area contributed by atoms with Gasteiger partial charge in [0.1, 0.15) is 11.5 Å². The maximum Gasteiger partial charge on any atom is 0.259 e. The van der Waals surface area contributed by atoms with Crippen LogP contribution in [-0.2, 0) is 4.79 Å². The highest BCUT2D eigenvalue weighted by Gasteiger charge is 2.12. The summed E-state index contributed by atoms with van der Waals surface area (Å²) in [6.07, 6.45) is 3.23. The predicted molar refractivity (Wildman–Crippen MR) is 128 cm³/mol. The standard InChI is InChI=1S/C26H22FN5O2/c1-18-7-9-20(10-8-18)26(34)28-16-24(33)30-29-15-21-17-32(23-5-3-2-4-6-23)31-25(21)19-11-13-22(27)14-12-19/h2-15,17H,16H2,1H3,(H,28,34)(H,30,33)/b29-15-. The van der Waals surface area contributed by atoms with Crippen molar-refractivity contribution in [2.75, 3.05) is 6.54 Å². The summed E-state index contributed by atoms with van der Waals surface area (Å²) in [5.74, 6) is -1.17. The summed E-state index contributed by atoms with van der Waals surface area (Å²) in [6, 6.07) is 22.5. The molecule has 7 nitrogen and oxygen atoms in total. The average Bonchev–Trinajstić information content (AvgIpc) is 3.28. The SMILES string of the molecule is Cc1ccc(C(=O)NCC(=O)N/N=C\c2cn(-c3ccccc3)nc2-c2ccc(F)cc2)cc1.